The minimum atomic E-state index is -3.36. The van der Waals surface area contributed by atoms with Crippen LogP contribution in [0.4, 0.5) is 9.52 Å². The quantitative estimate of drug-likeness (QED) is 0.491. The van der Waals surface area contributed by atoms with Gasteiger partial charge in [0.2, 0.25) is 0 Å². The summed E-state index contributed by atoms with van der Waals surface area (Å²) in [5, 5.41) is 14.6. The highest BCUT2D eigenvalue weighted by Gasteiger charge is 2.36. The number of halogens is 1. The number of carbonyl (C=O) groups excluding carboxylic acids is 1. The average molecular weight is 427 g/mol. The summed E-state index contributed by atoms with van der Waals surface area (Å²) in [6.07, 6.45) is 1.47. The van der Waals surface area contributed by atoms with Gasteiger partial charge in [-0.2, -0.15) is 4.39 Å². The highest BCUT2D eigenvalue weighted by Crippen LogP contribution is 2.33. The number of aliphatic hydroxyl groups excluding tert-OH is 1. The number of nitrogens with zero attached hydrogens (tertiary/aromatic N) is 2. The summed E-state index contributed by atoms with van der Waals surface area (Å²) in [4.78, 5) is 21.4. The lowest BCUT2D eigenvalue weighted by Crippen LogP contribution is -2.25. The highest BCUT2D eigenvalue weighted by molar-refractivity contribution is 7.92. The molecule has 8 nitrogen and oxygen atoms in total. The Labute approximate surface area is 165 Å². The van der Waals surface area contributed by atoms with E-state index in [0.717, 1.165) is 6.20 Å². The Morgan fingerprint density at radius 2 is 2.11 bits per heavy atom. The molecule has 28 heavy (non-hydrogen) atoms. The first-order chi connectivity index (χ1) is 13.3. The average Bonchev–Trinajstić information content (AvgIpc) is 3.43. The van der Waals surface area contributed by atoms with Crippen LogP contribution in [0.25, 0.3) is 0 Å². The van der Waals surface area contributed by atoms with E-state index in [-0.39, 0.29) is 27.6 Å². The molecule has 2 aromatic rings. The van der Waals surface area contributed by atoms with Crippen LogP contribution in [0.15, 0.2) is 40.5 Å². The third-order valence-corrected chi connectivity index (χ3v) is 6.78. The van der Waals surface area contributed by atoms with E-state index in [9.17, 15) is 22.7 Å². The monoisotopic (exact) mass is 427 g/mol. The molecule has 150 valence electrons. The lowest BCUT2D eigenvalue weighted by atomic mass is 10.1. The highest BCUT2D eigenvalue weighted by atomic mass is 32.2. The molecule has 1 saturated carbocycles. The molecule has 2 N–H and O–H groups in total. The third kappa shape index (κ3) is 4.91. The van der Waals surface area contributed by atoms with Gasteiger partial charge in [-0.1, -0.05) is 28.6 Å². The zero-order valence-electron chi connectivity index (χ0n) is 14.8. The second-order valence-corrected chi connectivity index (χ2v) is 9.49. The fourth-order valence-corrected chi connectivity index (χ4v) is 4.47. The van der Waals surface area contributed by atoms with Crippen LogP contribution in [0.5, 0.6) is 0 Å². The van der Waals surface area contributed by atoms with Crippen LogP contribution in [-0.2, 0) is 19.5 Å². The Morgan fingerprint density at radius 1 is 1.43 bits per heavy atom. The summed E-state index contributed by atoms with van der Waals surface area (Å²) in [7, 11) is -3.36. The van der Waals surface area contributed by atoms with Crippen molar-refractivity contribution < 1.29 is 27.5 Å². The van der Waals surface area contributed by atoms with Crippen molar-refractivity contribution in [1.82, 2.24) is 4.98 Å². The molecule has 1 aromatic carbocycles. The topological polar surface area (TPSA) is 118 Å². The van der Waals surface area contributed by atoms with E-state index in [1.807, 2.05) is 0 Å². The van der Waals surface area contributed by atoms with Gasteiger partial charge < -0.3 is 9.94 Å². The summed E-state index contributed by atoms with van der Waals surface area (Å²) in [5.41, 5.74) is 0.140. The zero-order valence-corrected chi connectivity index (χ0v) is 16.5. The van der Waals surface area contributed by atoms with Crippen LogP contribution < -0.4 is 5.32 Å². The molecule has 1 heterocycles. The van der Waals surface area contributed by atoms with Crippen molar-refractivity contribution in [3.8, 4) is 0 Å². The normalized spacial score (nSPS) is 15.9. The number of anilines is 1. The van der Waals surface area contributed by atoms with Crippen LogP contribution in [0.1, 0.15) is 25.3 Å². The zero-order chi connectivity index (χ0) is 20.3. The summed E-state index contributed by atoms with van der Waals surface area (Å²) >= 11 is 0.649. The van der Waals surface area contributed by atoms with E-state index < -0.39 is 27.0 Å². The van der Waals surface area contributed by atoms with Crippen molar-refractivity contribution in [3.05, 3.63) is 41.2 Å². The number of thiazole rings is 1. The molecule has 11 heteroatoms. The first kappa shape index (κ1) is 20.4. The molecule has 0 spiro atoms. The Hall–Kier alpha value is -2.37. The molecule has 1 fully saturated rings. The van der Waals surface area contributed by atoms with E-state index in [4.69, 9.17) is 4.84 Å². The first-order valence-electron chi connectivity index (χ1n) is 8.42. The molecule has 3 rings (SSSR count). The molecule has 1 aliphatic rings. The van der Waals surface area contributed by atoms with Crippen molar-refractivity contribution in [1.29, 1.82) is 0 Å². The maximum absolute atomic E-state index is 13.1. The second-order valence-electron chi connectivity index (χ2n) is 6.28. The molecule has 1 aliphatic carbocycles. The summed E-state index contributed by atoms with van der Waals surface area (Å²) in [6, 6.07) is 5.71. The number of hydrogen-bond donors (Lipinski definition) is 2. The van der Waals surface area contributed by atoms with Gasteiger partial charge in [-0.05, 0) is 31.9 Å². The number of aliphatic hydroxyl groups is 1. The maximum Gasteiger partial charge on any atom is 0.280 e. The minimum Gasteiger partial charge on any atom is -0.392 e. The standard InChI is InChI=1S/C17H18FN3O5S2/c1-10(22)9-26-21-15(16(23)20-17-19-8-14(18)27-17)11-2-4-12(5-3-11)28(24,25)13-6-7-13/h2-5,8,10,13,22H,6-7,9H2,1H3,(H,19,20,23)/t10-/m0/s1. The molecule has 1 amide bonds. The van der Waals surface area contributed by atoms with Crippen molar-refractivity contribution in [2.75, 3.05) is 11.9 Å². The number of hydrogen-bond acceptors (Lipinski definition) is 8. The van der Waals surface area contributed by atoms with Crippen LogP contribution in [0.3, 0.4) is 0 Å². The van der Waals surface area contributed by atoms with E-state index in [2.05, 4.69) is 15.5 Å². The number of amides is 1. The number of benzene rings is 1. The smallest absolute Gasteiger partial charge is 0.280 e. The fraction of sp³-hybridized carbons (Fsp3) is 0.353. The van der Waals surface area contributed by atoms with E-state index in [1.54, 1.807) is 0 Å². The Kier molecular flexibility index (Phi) is 6.06. The Morgan fingerprint density at radius 3 is 2.64 bits per heavy atom. The van der Waals surface area contributed by atoms with Crippen molar-refractivity contribution in [3.63, 3.8) is 0 Å². The van der Waals surface area contributed by atoms with Gasteiger partial charge in [0.25, 0.3) is 5.91 Å². The van der Waals surface area contributed by atoms with Crippen LogP contribution >= 0.6 is 11.3 Å². The van der Waals surface area contributed by atoms with E-state index >= 15 is 0 Å². The van der Waals surface area contributed by atoms with E-state index in [1.165, 1.54) is 31.2 Å². The minimum absolute atomic E-state index is 0.0404. The third-order valence-electron chi connectivity index (χ3n) is 3.80. The van der Waals surface area contributed by atoms with Gasteiger partial charge in [-0.3, -0.25) is 10.1 Å². The van der Waals surface area contributed by atoms with E-state index in [0.29, 0.717) is 29.7 Å². The largest absolute Gasteiger partial charge is 0.392 e. The number of rotatable bonds is 8. The molecule has 0 bridgehead atoms. The lowest BCUT2D eigenvalue weighted by Gasteiger charge is -2.09. The van der Waals surface area contributed by atoms with Crippen LogP contribution in [0, 0.1) is 5.13 Å². The van der Waals surface area contributed by atoms with Gasteiger partial charge in [0, 0.05) is 5.56 Å². The summed E-state index contributed by atoms with van der Waals surface area (Å²) in [6.45, 7) is 1.35. The summed E-state index contributed by atoms with van der Waals surface area (Å²) in [5.74, 6) is -0.710. The second kappa shape index (κ2) is 8.33. The van der Waals surface area contributed by atoms with Crippen molar-refractivity contribution in [2.45, 2.75) is 36.0 Å². The molecule has 0 unspecified atom stereocenters. The van der Waals surface area contributed by atoms with Crippen LogP contribution in [-0.4, -0.2) is 48.1 Å². The summed E-state index contributed by atoms with van der Waals surface area (Å²) < 4.78 is 37.7. The number of sulfone groups is 1. The van der Waals surface area contributed by atoms with Gasteiger partial charge in [0.15, 0.2) is 25.8 Å². The molecule has 0 saturated heterocycles. The molecule has 1 atom stereocenters. The fourth-order valence-electron chi connectivity index (χ4n) is 2.28. The Bertz CT molecular complexity index is 982. The van der Waals surface area contributed by atoms with Gasteiger partial charge in [-0.15, -0.1) is 0 Å². The van der Waals surface area contributed by atoms with Gasteiger partial charge in [0.1, 0.15) is 6.61 Å². The lowest BCUT2D eigenvalue weighted by molar-refractivity contribution is -0.110. The van der Waals surface area contributed by atoms with Crippen molar-refractivity contribution in [2.24, 2.45) is 5.16 Å². The van der Waals surface area contributed by atoms with Gasteiger partial charge in [-0.25, -0.2) is 13.4 Å². The molecular formula is C17H18FN3O5S2. The first-order valence-corrected chi connectivity index (χ1v) is 10.8. The molecule has 0 aliphatic heterocycles. The van der Waals surface area contributed by atoms with Gasteiger partial charge >= 0.3 is 0 Å². The number of carbonyl (C=O) groups is 1. The SMILES string of the molecule is C[C@H](O)CON=C(C(=O)Nc1ncc(F)s1)c1ccc(S(=O)(=O)C2CC2)cc1. The predicted molar refractivity (Wildman–Crippen MR) is 102 cm³/mol. The van der Waals surface area contributed by atoms with Gasteiger partial charge in [0.05, 0.1) is 22.4 Å². The van der Waals surface area contributed by atoms with Crippen LogP contribution in [0.2, 0.25) is 0 Å². The maximum atomic E-state index is 13.1. The van der Waals surface area contributed by atoms with Crippen molar-refractivity contribution >= 4 is 37.9 Å². The number of oxime groups is 1. The molecule has 0 radical (unpaired) electrons. The molecular weight excluding hydrogens is 409 g/mol. The molecule has 1 aromatic heterocycles. The Balaban J connectivity index is 1.84. The number of aromatic nitrogens is 1. The predicted octanol–water partition coefficient (Wildman–Crippen LogP) is 1.96. The number of nitrogens with one attached hydrogen (secondary N) is 1.